The highest BCUT2D eigenvalue weighted by atomic mass is 16.5. The van der Waals surface area contributed by atoms with Crippen LogP contribution >= 0.6 is 0 Å². The predicted octanol–water partition coefficient (Wildman–Crippen LogP) is 5.77. The summed E-state index contributed by atoms with van der Waals surface area (Å²) in [5.41, 5.74) is 5.53. The summed E-state index contributed by atoms with van der Waals surface area (Å²) in [6.45, 7) is 14.3. The van der Waals surface area contributed by atoms with E-state index in [9.17, 15) is 4.79 Å². The zero-order valence-corrected chi connectivity index (χ0v) is 19.0. The van der Waals surface area contributed by atoms with E-state index in [1.165, 1.54) is 35.6 Å². The molecule has 0 unspecified atom stereocenters. The molecule has 0 heterocycles. The van der Waals surface area contributed by atoms with Gasteiger partial charge in [-0.05, 0) is 64.7 Å². The van der Waals surface area contributed by atoms with Crippen LogP contribution in [0.25, 0.3) is 0 Å². The maximum Gasteiger partial charge on any atom is 0.328 e. The Morgan fingerprint density at radius 1 is 1.14 bits per heavy atom. The quantitative estimate of drug-likeness (QED) is 0.490. The van der Waals surface area contributed by atoms with Crippen molar-refractivity contribution in [1.82, 2.24) is 0 Å². The summed E-state index contributed by atoms with van der Waals surface area (Å²) in [4.78, 5) is 10.9. The largest absolute Gasteiger partial charge is 0.478 e. The lowest BCUT2D eigenvalue weighted by atomic mass is 9.62. The second-order valence-electron chi connectivity index (χ2n) is 10.5. The second kappa shape index (κ2) is 7.43. The smallest absolute Gasteiger partial charge is 0.328 e. The monoisotopic (exact) mass is 396 g/mol. The van der Waals surface area contributed by atoms with Crippen LogP contribution in [0.2, 0.25) is 0 Å². The van der Waals surface area contributed by atoms with Crippen LogP contribution in [0.1, 0.15) is 71.1 Å². The first kappa shape index (κ1) is 21.8. The Labute approximate surface area is 175 Å². The third-order valence-corrected chi connectivity index (χ3v) is 7.53. The third-order valence-electron chi connectivity index (χ3n) is 7.53. The average Bonchev–Trinajstić information content (AvgIpc) is 3.21. The fourth-order valence-corrected chi connectivity index (χ4v) is 5.26. The van der Waals surface area contributed by atoms with E-state index in [0.29, 0.717) is 18.4 Å². The predicted molar refractivity (Wildman–Crippen MR) is 118 cm³/mol. The molecule has 0 amide bonds. The molecule has 29 heavy (non-hydrogen) atoms. The van der Waals surface area contributed by atoms with Gasteiger partial charge < -0.3 is 9.84 Å². The summed E-state index contributed by atoms with van der Waals surface area (Å²) in [6.07, 6.45) is 7.80. The van der Waals surface area contributed by atoms with Crippen LogP contribution in [0, 0.1) is 11.8 Å². The Balaban J connectivity index is 1.98. The van der Waals surface area contributed by atoms with Gasteiger partial charge in [-0.25, -0.2) is 4.79 Å². The molecule has 1 fully saturated rings. The highest BCUT2D eigenvalue weighted by molar-refractivity contribution is 5.81. The van der Waals surface area contributed by atoms with E-state index in [-0.39, 0.29) is 16.2 Å². The lowest BCUT2D eigenvalue weighted by Gasteiger charge is -2.42. The van der Waals surface area contributed by atoms with Gasteiger partial charge in [0.15, 0.2) is 0 Å². The van der Waals surface area contributed by atoms with Gasteiger partial charge in [-0.2, -0.15) is 0 Å². The maximum absolute atomic E-state index is 10.9. The number of rotatable bonds is 6. The van der Waals surface area contributed by atoms with Crippen molar-refractivity contribution in [1.29, 1.82) is 0 Å². The van der Waals surface area contributed by atoms with Gasteiger partial charge in [-0.3, -0.25) is 0 Å². The summed E-state index contributed by atoms with van der Waals surface area (Å²) in [5, 5.41) is 8.96. The summed E-state index contributed by atoms with van der Waals surface area (Å²) >= 11 is 0. The van der Waals surface area contributed by atoms with Crippen molar-refractivity contribution in [2.75, 3.05) is 13.7 Å². The Bertz CT molecular complexity index is 859. The van der Waals surface area contributed by atoms with Gasteiger partial charge in [-0.1, -0.05) is 65.0 Å². The van der Waals surface area contributed by atoms with Gasteiger partial charge in [0.1, 0.15) is 0 Å². The van der Waals surface area contributed by atoms with E-state index < -0.39 is 5.97 Å². The van der Waals surface area contributed by atoms with Gasteiger partial charge >= 0.3 is 5.97 Å². The lowest BCUT2D eigenvalue weighted by molar-refractivity contribution is -0.131. The molecule has 3 atom stereocenters. The Morgan fingerprint density at radius 2 is 1.76 bits per heavy atom. The van der Waals surface area contributed by atoms with E-state index in [1.807, 2.05) is 13.0 Å². The molecule has 0 saturated heterocycles. The molecule has 1 aromatic carbocycles. The fraction of sp³-hybridized carbons (Fsp3) is 0.577. The molecular weight excluding hydrogens is 360 g/mol. The number of carboxylic acid groups (broad SMARTS) is 1. The fourth-order valence-electron chi connectivity index (χ4n) is 5.26. The van der Waals surface area contributed by atoms with Crippen molar-refractivity contribution in [3.63, 3.8) is 0 Å². The molecule has 0 spiro atoms. The normalized spacial score (nSPS) is 30.2. The standard InChI is InChI=1S/C26H36O3/c1-17(14-23(27)28)8-10-20-22(16-29-7)26(20,6)18-9-11-19-21(15-18)25(4,5)13-12-24(19,2)3/h8-11,14-15,20,22H,12-13,16H2,1-7H3,(H,27,28)/b10-8+,17-14+/t20-,22-,26+/m1/s1. The second-order valence-corrected chi connectivity index (χ2v) is 10.5. The van der Waals surface area contributed by atoms with Gasteiger partial charge in [0, 0.05) is 18.6 Å². The van der Waals surface area contributed by atoms with Gasteiger partial charge in [0.25, 0.3) is 0 Å². The van der Waals surface area contributed by atoms with Crippen LogP contribution in [0.5, 0.6) is 0 Å². The SMILES string of the molecule is COC[C@@H]1[C@@H](/C=C/C(C)=C/C(=O)O)[C@]1(C)c1ccc2c(c1)C(C)(C)CCC2(C)C. The van der Waals surface area contributed by atoms with Gasteiger partial charge in [0.05, 0.1) is 6.61 Å². The van der Waals surface area contributed by atoms with Crippen LogP contribution < -0.4 is 0 Å². The molecule has 3 nitrogen and oxygen atoms in total. The highest BCUT2D eigenvalue weighted by Crippen LogP contribution is 2.61. The Morgan fingerprint density at radius 3 is 2.34 bits per heavy atom. The zero-order chi connectivity index (χ0) is 21.6. The molecule has 2 aliphatic rings. The van der Waals surface area contributed by atoms with E-state index >= 15 is 0 Å². The first-order valence-corrected chi connectivity index (χ1v) is 10.7. The van der Waals surface area contributed by atoms with Crippen LogP contribution in [-0.2, 0) is 25.8 Å². The molecule has 1 N–H and O–H groups in total. The number of benzene rings is 1. The first-order chi connectivity index (χ1) is 13.4. The van der Waals surface area contributed by atoms with Crippen molar-refractivity contribution < 1.29 is 14.6 Å². The van der Waals surface area contributed by atoms with Crippen LogP contribution in [0.15, 0.2) is 42.0 Å². The number of carbonyl (C=O) groups is 1. The van der Waals surface area contributed by atoms with Crippen molar-refractivity contribution in [2.24, 2.45) is 11.8 Å². The number of hydrogen-bond donors (Lipinski definition) is 1. The molecule has 0 aliphatic heterocycles. The molecular formula is C26H36O3. The first-order valence-electron chi connectivity index (χ1n) is 10.7. The average molecular weight is 397 g/mol. The third kappa shape index (κ3) is 3.94. The number of allylic oxidation sites excluding steroid dienone is 3. The topological polar surface area (TPSA) is 46.5 Å². The van der Waals surface area contributed by atoms with Crippen molar-refractivity contribution >= 4 is 5.97 Å². The number of hydrogen-bond acceptors (Lipinski definition) is 2. The number of carboxylic acids is 1. The zero-order valence-electron chi connectivity index (χ0n) is 19.0. The molecule has 0 radical (unpaired) electrons. The number of fused-ring (bicyclic) bond motifs is 1. The van der Waals surface area contributed by atoms with Crippen LogP contribution in [0.3, 0.4) is 0 Å². The maximum atomic E-state index is 10.9. The van der Waals surface area contributed by atoms with Crippen molar-refractivity contribution in [2.45, 2.75) is 70.6 Å². The van der Waals surface area contributed by atoms with Crippen LogP contribution in [-0.4, -0.2) is 24.8 Å². The van der Waals surface area contributed by atoms with Crippen molar-refractivity contribution in [3.8, 4) is 0 Å². The number of ether oxygens (including phenoxy) is 1. The molecule has 3 heteroatoms. The minimum atomic E-state index is -0.904. The molecule has 2 aliphatic carbocycles. The molecule has 158 valence electrons. The van der Waals surface area contributed by atoms with E-state index in [2.05, 4.69) is 58.9 Å². The van der Waals surface area contributed by atoms with Gasteiger partial charge in [0.2, 0.25) is 0 Å². The number of methoxy groups -OCH3 is 1. The summed E-state index contributed by atoms with van der Waals surface area (Å²) in [7, 11) is 1.76. The van der Waals surface area contributed by atoms with E-state index in [4.69, 9.17) is 9.84 Å². The minimum absolute atomic E-state index is 0.0166. The molecule has 0 bridgehead atoms. The van der Waals surface area contributed by atoms with Crippen LogP contribution in [0.4, 0.5) is 0 Å². The van der Waals surface area contributed by atoms with Gasteiger partial charge in [-0.15, -0.1) is 0 Å². The van der Waals surface area contributed by atoms with E-state index in [0.717, 1.165) is 5.57 Å². The molecule has 3 rings (SSSR count). The number of aliphatic carboxylic acids is 1. The lowest BCUT2D eigenvalue weighted by Crippen LogP contribution is -2.34. The van der Waals surface area contributed by atoms with E-state index in [1.54, 1.807) is 7.11 Å². The molecule has 1 saturated carbocycles. The van der Waals surface area contributed by atoms with Crippen molar-refractivity contribution in [3.05, 3.63) is 58.7 Å². The minimum Gasteiger partial charge on any atom is -0.478 e. The Hall–Kier alpha value is -1.87. The summed E-state index contributed by atoms with van der Waals surface area (Å²) in [5.74, 6) is -0.157. The summed E-state index contributed by atoms with van der Waals surface area (Å²) in [6, 6.07) is 7.13. The summed E-state index contributed by atoms with van der Waals surface area (Å²) < 4.78 is 5.53. The Kier molecular flexibility index (Phi) is 5.59. The highest BCUT2D eigenvalue weighted by Gasteiger charge is 2.60. The molecule has 1 aromatic rings. The molecule has 0 aromatic heterocycles.